The van der Waals surface area contributed by atoms with Crippen molar-refractivity contribution in [3.05, 3.63) is 0 Å². The molecule has 0 aromatic rings. The van der Waals surface area contributed by atoms with Gasteiger partial charge in [0.2, 0.25) is 0 Å². The van der Waals surface area contributed by atoms with Crippen molar-refractivity contribution in [3.63, 3.8) is 0 Å². The van der Waals surface area contributed by atoms with Crippen LogP contribution in [-0.2, 0) is 14.2 Å². The van der Waals surface area contributed by atoms with Crippen LogP contribution < -0.4 is 0 Å². The predicted octanol–water partition coefficient (Wildman–Crippen LogP) is 2.90. The van der Waals surface area contributed by atoms with Crippen LogP contribution in [0.3, 0.4) is 0 Å². The lowest BCUT2D eigenvalue weighted by Crippen LogP contribution is -2.34. The minimum Gasteiger partial charge on any atom is -0.381 e. The van der Waals surface area contributed by atoms with Gasteiger partial charge in [0.1, 0.15) is 0 Å². The van der Waals surface area contributed by atoms with Crippen LogP contribution in [0.2, 0.25) is 4.05 Å². The smallest absolute Gasteiger partial charge is 0.381 e. The molecule has 0 bridgehead atoms. The highest BCUT2D eigenvalue weighted by Crippen LogP contribution is 2.40. The molecule has 2 saturated heterocycles. The third-order valence-corrected chi connectivity index (χ3v) is 7.73. The summed E-state index contributed by atoms with van der Waals surface area (Å²) in [5, 5.41) is 0. The van der Waals surface area contributed by atoms with Crippen molar-refractivity contribution >= 4 is 31.1 Å². The average molecular weight is 318 g/mol. The van der Waals surface area contributed by atoms with E-state index in [4.69, 9.17) is 14.2 Å². The quantitative estimate of drug-likeness (QED) is 0.696. The number of hydrogen-bond acceptors (Lipinski definition) is 3. The summed E-state index contributed by atoms with van der Waals surface area (Å²) in [5.74, 6) is -0.146. The molecule has 0 N–H and O–H groups in total. The maximum absolute atomic E-state index is 5.65. The molecule has 3 aliphatic rings. The van der Waals surface area contributed by atoms with Gasteiger partial charge in [0.05, 0.1) is 13.2 Å². The summed E-state index contributed by atoms with van der Waals surface area (Å²) in [6.07, 6.45) is 7.40. The molecule has 1 saturated carbocycles. The monoisotopic (exact) mass is 316 g/mol. The first-order chi connectivity index (χ1) is 8.35. The summed E-state index contributed by atoms with van der Waals surface area (Å²) >= 11 is 3.69. The molecule has 2 aliphatic heterocycles. The summed E-state index contributed by atoms with van der Waals surface area (Å²) in [5.41, 5.74) is 0. The van der Waals surface area contributed by atoms with Crippen molar-refractivity contribution in [2.75, 3.05) is 26.4 Å². The Morgan fingerprint density at radius 3 is 1.94 bits per heavy atom. The largest absolute Gasteiger partial charge is 0.471 e. The molecule has 0 atom stereocenters. The van der Waals surface area contributed by atoms with Crippen molar-refractivity contribution < 1.29 is 14.2 Å². The SMILES string of the molecule is C1CCOC1.[Br][Mg][CH]1CCC2(CC1)OCCO2. The van der Waals surface area contributed by atoms with Crippen LogP contribution in [0.4, 0.5) is 0 Å². The Bertz CT molecular complexity index is 200. The zero-order valence-corrected chi connectivity index (χ0v) is 13.5. The van der Waals surface area contributed by atoms with Gasteiger partial charge < -0.3 is 27.1 Å². The van der Waals surface area contributed by atoms with E-state index in [0.29, 0.717) is 0 Å². The van der Waals surface area contributed by atoms with Crippen LogP contribution in [0, 0.1) is 0 Å². The van der Waals surface area contributed by atoms with E-state index in [1.54, 1.807) is 0 Å². The fourth-order valence-corrected chi connectivity index (χ4v) is 5.23. The van der Waals surface area contributed by atoms with Crippen LogP contribution in [0.5, 0.6) is 0 Å². The van der Waals surface area contributed by atoms with Crippen molar-refractivity contribution in [1.82, 2.24) is 0 Å². The van der Waals surface area contributed by atoms with Gasteiger partial charge in [-0.05, 0) is 25.7 Å². The Labute approximate surface area is 120 Å². The molecule has 17 heavy (non-hydrogen) atoms. The summed E-state index contributed by atoms with van der Waals surface area (Å²) in [6.45, 7) is 3.60. The average Bonchev–Trinajstić information content (AvgIpc) is 3.04. The standard InChI is InChI=1S/C8H13O2.C4H8O.BrH.Mg/c1-2-4-8(5-3-1)9-6-7-10-8;1-2-4-5-3-1;;/h1H,2-7H2;1-4H2;1H;/q;;;+1/p-1. The number of ether oxygens (including phenoxy) is 3. The molecule has 1 aliphatic carbocycles. The topological polar surface area (TPSA) is 27.7 Å². The normalized spacial score (nSPS) is 27.6. The lowest BCUT2D eigenvalue weighted by Gasteiger charge is -2.34. The highest BCUT2D eigenvalue weighted by molar-refractivity contribution is 9.23. The van der Waals surface area contributed by atoms with Crippen molar-refractivity contribution in [2.45, 2.75) is 48.4 Å². The molecule has 0 aromatic heterocycles. The van der Waals surface area contributed by atoms with E-state index in [1.165, 1.54) is 25.7 Å². The lowest BCUT2D eigenvalue weighted by molar-refractivity contribution is -0.176. The second-order valence-electron chi connectivity index (χ2n) is 5.02. The molecule has 5 heteroatoms. The molecule has 0 unspecified atom stereocenters. The van der Waals surface area contributed by atoms with Gasteiger partial charge in [-0.25, -0.2) is 0 Å². The first kappa shape index (κ1) is 14.5. The molecule has 3 rings (SSSR count). The van der Waals surface area contributed by atoms with Gasteiger partial charge in [0.15, 0.2) is 5.79 Å². The molecule has 0 aromatic carbocycles. The number of hydrogen-bond donors (Lipinski definition) is 0. The van der Waals surface area contributed by atoms with Crippen LogP contribution in [-0.4, -0.2) is 50.4 Å². The van der Waals surface area contributed by atoms with E-state index in [2.05, 4.69) is 12.9 Å². The van der Waals surface area contributed by atoms with Crippen LogP contribution in [0.1, 0.15) is 38.5 Å². The highest BCUT2D eigenvalue weighted by atomic mass is 79.9. The summed E-state index contributed by atoms with van der Waals surface area (Å²) in [6, 6.07) is 0. The maximum atomic E-state index is 5.65. The van der Waals surface area contributed by atoms with Gasteiger partial charge >= 0.3 is 18.2 Å². The molecule has 0 amide bonds. The molecule has 2 heterocycles. The maximum Gasteiger partial charge on any atom is 0.471 e. The summed E-state index contributed by atoms with van der Waals surface area (Å²) in [4.78, 5) is 0. The first-order valence-electron chi connectivity index (χ1n) is 6.76. The molecule has 3 fully saturated rings. The second-order valence-corrected chi connectivity index (χ2v) is 8.43. The Hall–Kier alpha value is 1.13. The zero-order valence-electron chi connectivity index (χ0n) is 10.5. The Balaban J connectivity index is 0.000000181. The van der Waals surface area contributed by atoms with E-state index in [9.17, 15) is 0 Å². The first-order valence-corrected chi connectivity index (χ1v) is 11.5. The summed E-state index contributed by atoms with van der Waals surface area (Å²) in [7, 11) is 0. The molecule has 96 valence electrons. The fourth-order valence-electron chi connectivity index (χ4n) is 2.57. The van der Waals surface area contributed by atoms with Crippen LogP contribution in [0.25, 0.3) is 0 Å². The van der Waals surface area contributed by atoms with E-state index in [1.807, 2.05) is 0 Å². The van der Waals surface area contributed by atoms with E-state index in [0.717, 1.165) is 43.3 Å². The highest BCUT2D eigenvalue weighted by Gasteiger charge is 2.39. The zero-order chi connectivity index (χ0) is 12.0. The molecule has 0 radical (unpaired) electrons. The van der Waals surface area contributed by atoms with Crippen LogP contribution >= 0.6 is 12.9 Å². The Kier molecular flexibility index (Phi) is 6.54. The second kappa shape index (κ2) is 7.65. The Morgan fingerprint density at radius 1 is 0.941 bits per heavy atom. The molecular weight excluding hydrogens is 296 g/mol. The number of halogens is 1. The predicted molar refractivity (Wildman–Crippen MR) is 71.6 cm³/mol. The molecule has 1 spiro atoms. The fraction of sp³-hybridized carbons (Fsp3) is 1.00. The van der Waals surface area contributed by atoms with Gasteiger partial charge in [-0.15, -0.1) is 4.05 Å². The van der Waals surface area contributed by atoms with Gasteiger partial charge in [0.25, 0.3) is 0 Å². The van der Waals surface area contributed by atoms with Gasteiger partial charge in [-0.1, -0.05) is 12.8 Å². The Morgan fingerprint density at radius 2 is 1.53 bits per heavy atom. The molecule has 3 nitrogen and oxygen atoms in total. The minimum absolute atomic E-state index is 0.0261. The van der Waals surface area contributed by atoms with Gasteiger partial charge in [-0.3, -0.25) is 0 Å². The lowest BCUT2D eigenvalue weighted by atomic mass is 9.93. The van der Waals surface area contributed by atoms with Gasteiger partial charge in [-0.2, -0.15) is 0 Å². The minimum atomic E-state index is -0.146. The molecular formula is C12H21BrMgO3. The van der Waals surface area contributed by atoms with Crippen molar-refractivity contribution in [2.24, 2.45) is 0 Å². The van der Waals surface area contributed by atoms with E-state index >= 15 is 0 Å². The third-order valence-electron chi connectivity index (χ3n) is 3.73. The third kappa shape index (κ3) is 4.62. The summed E-state index contributed by atoms with van der Waals surface area (Å²) < 4.78 is 17.2. The van der Waals surface area contributed by atoms with E-state index in [-0.39, 0.29) is 24.0 Å². The number of rotatable bonds is 1. The van der Waals surface area contributed by atoms with Crippen molar-refractivity contribution in [3.8, 4) is 0 Å². The van der Waals surface area contributed by atoms with Gasteiger partial charge in [0, 0.05) is 13.2 Å². The van der Waals surface area contributed by atoms with Crippen LogP contribution in [0.15, 0.2) is 0 Å². The van der Waals surface area contributed by atoms with Crippen molar-refractivity contribution in [1.29, 1.82) is 0 Å². The van der Waals surface area contributed by atoms with E-state index < -0.39 is 0 Å².